The van der Waals surface area contributed by atoms with Crippen LogP contribution in [0.2, 0.25) is 0 Å². The molecule has 0 aliphatic carbocycles. The van der Waals surface area contributed by atoms with Gasteiger partial charge in [-0.05, 0) is 24.6 Å². The highest BCUT2D eigenvalue weighted by atomic mass is 19.2. The summed E-state index contributed by atoms with van der Waals surface area (Å²) in [5.74, 6) is -6.19. The van der Waals surface area contributed by atoms with Gasteiger partial charge in [-0.25, -0.2) is 13.2 Å². The van der Waals surface area contributed by atoms with Crippen molar-refractivity contribution in [3.05, 3.63) is 35.1 Å². The number of carbonyl (C=O) groups is 1. The Balaban J connectivity index is 3.15. The first-order chi connectivity index (χ1) is 7.82. The summed E-state index contributed by atoms with van der Waals surface area (Å²) in [7, 11) is 0. The largest absolute Gasteiger partial charge is 0.481 e. The number of hydrogen-bond donors (Lipinski definition) is 2. The zero-order valence-corrected chi connectivity index (χ0v) is 9.08. The molecule has 6 heteroatoms. The predicted molar refractivity (Wildman–Crippen MR) is 55.0 cm³/mol. The molecule has 3 nitrogen and oxygen atoms in total. The van der Waals surface area contributed by atoms with Crippen LogP contribution < -0.4 is 5.73 Å². The van der Waals surface area contributed by atoms with Crippen LogP contribution in [0.25, 0.3) is 0 Å². The summed E-state index contributed by atoms with van der Waals surface area (Å²) in [6.07, 6.45) is -0.373. The van der Waals surface area contributed by atoms with Gasteiger partial charge in [0.15, 0.2) is 17.5 Å². The summed E-state index contributed by atoms with van der Waals surface area (Å²) in [6, 6.07) is 0.931. The summed E-state index contributed by atoms with van der Waals surface area (Å²) in [4.78, 5) is 10.6. The zero-order valence-electron chi connectivity index (χ0n) is 9.08. The number of aliphatic carboxylic acids is 1. The van der Waals surface area contributed by atoms with Crippen molar-refractivity contribution in [3.8, 4) is 0 Å². The molecule has 0 fully saturated rings. The molecule has 0 bridgehead atoms. The zero-order chi connectivity index (χ0) is 13.2. The number of carboxylic acid groups (broad SMARTS) is 1. The fourth-order valence-corrected chi connectivity index (χ4v) is 1.58. The van der Waals surface area contributed by atoms with Gasteiger partial charge in [0.1, 0.15) is 0 Å². The lowest BCUT2D eigenvalue weighted by Gasteiger charge is -2.19. The van der Waals surface area contributed by atoms with Crippen LogP contribution in [0.1, 0.15) is 24.8 Å². The van der Waals surface area contributed by atoms with E-state index < -0.39 is 35.4 Å². The molecule has 0 radical (unpaired) electrons. The SMILES string of the molecule is CC(N)C(CC(=O)O)c1cc(F)c(F)c(F)c1. The molecular weight excluding hydrogens is 235 g/mol. The van der Waals surface area contributed by atoms with Crippen molar-refractivity contribution in [1.29, 1.82) is 0 Å². The van der Waals surface area contributed by atoms with Crippen molar-refractivity contribution in [3.63, 3.8) is 0 Å². The molecule has 0 spiro atoms. The minimum Gasteiger partial charge on any atom is -0.481 e. The molecule has 0 aromatic heterocycles. The molecule has 1 aromatic carbocycles. The molecule has 0 saturated carbocycles. The predicted octanol–water partition coefficient (Wildman–Crippen LogP) is 2.01. The Labute approximate surface area is 96.0 Å². The van der Waals surface area contributed by atoms with E-state index in [1.54, 1.807) is 0 Å². The van der Waals surface area contributed by atoms with Crippen molar-refractivity contribution in [2.45, 2.75) is 25.3 Å². The van der Waals surface area contributed by atoms with E-state index in [-0.39, 0.29) is 12.0 Å². The minimum atomic E-state index is -1.58. The maximum Gasteiger partial charge on any atom is 0.304 e. The number of benzene rings is 1. The van der Waals surface area contributed by atoms with Crippen LogP contribution in [-0.2, 0) is 4.79 Å². The number of halogens is 3. The second kappa shape index (κ2) is 5.18. The number of carboxylic acids is 1. The van der Waals surface area contributed by atoms with Crippen LogP contribution in [-0.4, -0.2) is 17.1 Å². The van der Waals surface area contributed by atoms with Gasteiger partial charge in [0.05, 0.1) is 6.42 Å². The monoisotopic (exact) mass is 247 g/mol. The smallest absolute Gasteiger partial charge is 0.304 e. The average Bonchev–Trinajstić information content (AvgIpc) is 2.21. The summed E-state index contributed by atoms with van der Waals surface area (Å²) in [5.41, 5.74) is 5.59. The molecule has 0 aliphatic heterocycles. The van der Waals surface area contributed by atoms with E-state index in [1.807, 2.05) is 0 Å². The summed E-state index contributed by atoms with van der Waals surface area (Å²) in [5, 5.41) is 8.67. The van der Waals surface area contributed by atoms with E-state index in [0.717, 1.165) is 12.1 Å². The maximum atomic E-state index is 13.0. The molecule has 3 N–H and O–H groups in total. The quantitative estimate of drug-likeness (QED) is 0.800. The van der Waals surface area contributed by atoms with E-state index in [9.17, 15) is 18.0 Å². The van der Waals surface area contributed by atoms with Crippen LogP contribution in [0.5, 0.6) is 0 Å². The molecule has 17 heavy (non-hydrogen) atoms. The Kier molecular flexibility index (Phi) is 4.11. The maximum absolute atomic E-state index is 13.0. The van der Waals surface area contributed by atoms with E-state index in [4.69, 9.17) is 10.8 Å². The van der Waals surface area contributed by atoms with E-state index in [2.05, 4.69) is 0 Å². The summed E-state index contributed by atoms with van der Waals surface area (Å²) in [6.45, 7) is 1.52. The van der Waals surface area contributed by atoms with Gasteiger partial charge in [-0.15, -0.1) is 0 Å². The Morgan fingerprint density at radius 3 is 2.18 bits per heavy atom. The van der Waals surface area contributed by atoms with Crippen molar-refractivity contribution in [2.75, 3.05) is 0 Å². The lowest BCUT2D eigenvalue weighted by Crippen LogP contribution is -2.27. The third-order valence-electron chi connectivity index (χ3n) is 2.46. The average molecular weight is 247 g/mol. The van der Waals surface area contributed by atoms with Gasteiger partial charge < -0.3 is 10.8 Å². The van der Waals surface area contributed by atoms with Crippen molar-refractivity contribution in [1.82, 2.24) is 0 Å². The first-order valence-electron chi connectivity index (χ1n) is 4.94. The second-order valence-corrected chi connectivity index (χ2v) is 3.86. The highest BCUT2D eigenvalue weighted by molar-refractivity contribution is 5.68. The Hall–Kier alpha value is -1.56. The van der Waals surface area contributed by atoms with Gasteiger partial charge in [0, 0.05) is 12.0 Å². The standard InChI is InChI=1S/C11H12F3NO2/c1-5(15)7(4-10(16)17)6-2-8(12)11(14)9(13)3-6/h2-3,5,7H,4,15H2,1H3,(H,16,17). The van der Waals surface area contributed by atoms with Crippen LogP contribution in [0.3, 0.4) is 0 Å². The third kappa shape index (κ3) is 3.20. The molecule has 1 rings (SSSR count). The molecule has 1 aromatic rings. The number of hydrogen-bond acceptors (Lipinski definition) is 2. The minimum absolute atomic E-state index is 0.0406. The van der Waals surface area contributed by atoms with Gasteiger partial charge in [-0.2, -0.15) is 0 Å². The van der Waals surface area contributed by atoms with Gasteiger partial charge in [0.2, 0.25) is 0 Å². The molecule has 0 saturated heterocycles. The van der Waals surface area contributed by atoms with Gasteiger partial charge in [-0.1, -0.05) is 0 Å². The van der Waals surface area contributed by atoms with Crippen molar-refractivity contribution < 1.29 is 23.1 Å². The molecule has 0 amide bonds. The normalized spacial score (nSPS) is 14.4. The van der Waals surface area contributed by atoms with Crippen LogP contribution in [0.4, 0.5) is 13.2 Å². The van der Waals surface area contributed by atoms with E-state index in [1.165, 1.54) is 6.92 Å². The van der Waals surface area contributed by atoms with Crippen molar-refractivity contribution >= 4 is 5.97 Å². The lowest BCUT2D eigenvalue weighted by molar-refractivity contribution is -0.137. The number of nitrogens with two attached hydrogens (primary N) is 1. The van der Waals surface area contributed by atoms with Gasteiger partial charge >= 0.3 is 5.97 Å². The van der Waals surface area contributed by atoms with E-state index >= 15 is 0 Å². The molecule has 94 valence electrons. The van der Waals surface area contributed by atoms with Crippen LogP contribution >= 0.6 is 0 Å². The first-order valence-corrected chi connectivity index (χ1v) is 4.94. The highest BCUT2D eigenvalue weighted by Gasteiger charge is 2.22. The molecule has 2 atom stereocenters. The topological polar surface area (TPSA) is 63.3 Å². The summed E-state index contributed by atoms with van der Waals surface area (Å²) >= 11 is 0. The first kappa shape index (κ1) is 13.5. The van der Waals surface area contributed by atoms with Crippen LogP contribution in [0.15, 0.2) is 12.1 Å². The molecule has 2 unspecified atom stereocenters. The van der Waals surface area contributed by atoms with Crippen LogP contribution in [0, 0.1) is 17.5 Å². The Bertz CT molecular complexity index is 412. The fraction of sp³-hybridized carbons (Fsp3) is 0.364. The number of rotatable bonds is 4. The van der Waals surface area contributed by atoms with E-state index in [0.29, 0.717) is 0 Å². The summed E-state index contributed by atoms with van der Waals surface area (Å²) < 4.78 is 38.7. The van der Waals surface area contributed by atoms with Gasteiger partial charge in [0.25, 0.3) is 0 Å². The third-order valence-corrected chi connectivity index (χ3v) is 2.46. The molecular formula is C11H12F3NO2. The lowest BCUT2D eigenvalue weighted by atomic mass is 9.89. The molecule has 0 aliphatic rings. The second-order valence-electron chi connectivity index (χ2n) is 3.86. The van der Waals surface area contributed by atoms with Crippen molar-refractivity contribution in [2.24, 2.45) is 5.73 Å². The highest BCUT2D eigenvalue weighted by Crippen LogP contribution is 2.25. The Morgan fingerprint density at radius 1 is 1.35 bits per heavy atom. The Morgan fingerprint density at radius 2 is 1.82 bits per heavy atom. The van der Waals surface area contributed by atoms with Gasteiger partial charge in [-0.3, -0.25) is 4.79 Å². The molecule has 0 heterocycles. The fourth-order valence-electron chi connectivity index (χ4n) is 1.58.